The number of hydrogen-bond donors (Lipinski definition) is 0. The fourth-order valence-corrected chi connectivity index (χ4v) is 1.24. The summed E-state index contributed by atoms with van der Waals surface area (Å²) >= 11 is 1.83. The van der Waals surface area contributed by atoms with E-state index < -0.39 is 4.92 Å². The summed E-state index contributed by atoms with van der Waals surface area (Å²) in [4.78, 5) is 10.1. The third kappa shape index (κ3) is 2.35. The zero-order valence-corrected chi connectivity index (χ0v) is 9.44. The molecule has 0 aliphatic heterocycles. The van der Waals surface area contributed by atoms with E-state index in [0.29, 0.717) is 11.3 Å². The highest BCUT2D eigenvalue weighted by Crippen LogP contribution is 2.22. The van der Waals surface area contributed by atoms with Crippen LogP contribution in [-0.4, -0.2) is 12.0 Å². The van der Waals surface area contributed by atoms with Gasteiger partial charge in [-0.05, 0) is 15.9 Å². The van der Waals surface area contributed by atoms with Crippen molar-refractivity contribution in [2.45, 2.75) is 0 Å². The molecule has 0 unspecified atom stereocenters. The number of ether oxygens (including phenoxy) is 1. The average molecular weight is 303 g/mol. The van der Waals surface area contributed by atoms with E-state index in [1.54, 1.807) is 6.07 Å². The second kappa shape index (κ2) is 4.81. The lowest BCUT2D eigenvalue weighted by Gasteiger charge is -2.00. The van der Waals surface area contributed by atoms with E-state index in [1.807, 2.05) is 22.6 Å². The fourth-order valence-electron chi connectivity index (χ4n) is 0.952. The monoisotopic (exact) mass is 303 g/mol. The summed E-state index contributed by atoms with van der Waals surface area (Å²) in [5.74, 6) is 3.21. The van der Waals surface area contributed by atoms with Gasteiger partial charge in [0.05, 0.1) is 12.0 Å². The highest BCUT2D eigenvalue weighted by Gasteiger charge is 2.12. The predicted octanol–water partition coefficient (Wildman–Crippen LogP) is 2.35. The third-order valence-electron chi connectivity index (χ3n) is 1.58. The van der Waals surface area contributed by atoms with Gasteiger partial charge in [-0.1, -0.05) is 0 Å². The first kappa shape index (κ1) is 10.8. The minimum atomic E-state index is -0.463. The van der Waals surface area contributed by atoms with Crippen LogP contribution in [0.25, 0.3) is 0 Å². The minimum Gasteiger partial charge on any atom is -0.497 e. The molecule has 0 atom stereocenters. The fraction of sp³-hybridized carbons (Fsp3) is 0.111. The summed E-state index contributed by atoms with van der Waals surface area (Å²) in [6.45, 7) is 0. The molecule has 0 radical (unpaired) electrons. The lowest BCUT2D eigenvalue weighted by atomic mass is 10.2. The van der Waals surface area contributed by atoms with Crippen LogP contribution in [0.1, 0.15) is 5.56 Å². The van der Waals surface area contributed by atoms with Gasteiger partial charge in [-0.25, -0.2) is 0 Å². The summed E-state index contributed by atoms with van der Waals surface area (Å²) in [5, 5.41) is 10.6. The van der Waals surface area contributed by atoms with Crippen molar-refractivity contribution in [2.24, 2.45) is 0 Å². The molecule has 1 aromatic carbocycles. The Balaban J connectivity index is 3.28. The Kier molecular flexibility index (Phi) is 3.71. The second-order valence-corrected chi connectivity index (χ2v) is 2.90. The third-order valence-corrected chi connectivity index (χ3v) is 1.85. The number of nitro benzene ring substituents is 1. The first-order valence-corrected chi connectivity index (χ1v) is 4.71. The van der Waals surface area contributed by atoms with Crippen LogP contribution in [-0.2, 0) is 0 Å². The maximum Gasteiger partial charge on any atom is 0.285 e. The number of halogens is 1. The Bertz CT molecular complexity index is 420. The van der Waals surface area contributed by atoms with Crippen LogP contribution in [0.4, 0.5) is 5.69 Å². The quantitative estimate of drug-likeness (QED) is 0.365. The standard InChI is InChI=1S/C9H6INO3/c1-14-8-2-3-9(11(12)13)7(6-8)4-5-10/h2-3,6H,1H3. The van der Waals surface area contributed by atoms with Gasteiger partial charge < -0.3 is 4.74 Å². The lowest BCUT2D eigenvalue weighted by Crippen LogP contribution is -1.93. The van der Waals surface area contributed by atoms with Crippen molar-refractivity contribution >= 4 is 28.3 Å². The van der Waals surface area contributed by atoms with Crippen LogP contribution in [0.5, 0.6) is 5.75 Å². The summed E-state index contributed by atoms with van der Waals surface area (Å²) in [5.41, 5.74) is 0.360. The van der Waals surface area contributed by atoms with Gasteiger partial charge in [0.15, 0.2) is 0 Å². The zero-order valence-electron chi connectivity index (χ0n) is 7.28. The molecule has 0 amide bonds. The Labute approximate surface area is 94.6 Å². The van der Waals surface area contributed by atoms with Crippen molar-refractivity contribution in [3.05, 3.63) is 33.9 Å². The van der Waals surface area contributed by atoms with Crippen LogP contribution >= 0.6 is 22.6 Å². The maximum absolute atomic E-state index is 10.6. The van der Waals surface area contributed by atoms with Gasteiger partial charge in [-0.15, -0.1) is 0 Å². The van der Waals surface area contributed by atoms with Crippen LogP contribution in [0.2, 0.25) is 0 Å². The number of methoxy groups -OCH3 is 1. The molecular weight excluding hydrogens is 297 g/mol. The molecule has 14 heavy (non-hydrogen) atoms. The summed E-state index contributed by atoms with van der Waals surface area (Å²) < 4.78 is 7.53. The molecule has 0 aliphatic rings. The smallest absolute Gasteiger partial charge is 0.285 e. The number of benzene rings is 1. The van der Waals surface area contributed by atoms with Crippen LogP contribution in [0, 0.1) is 20.0 Å². The Morgan fingerprint density at radius 1 is 1.57 bits per heavy atom. The van der Waals surface area contributed by atoms with Crippen molar-refractivity contribution in [1.82, 2.24) is 0 Å². The molecule has 1 rings (SSSR count). The van der Waals surface area contributed by atoms with E-state index in [2.05, 4.69) is 9.85 Å². The Morgan fingerprint density at radius 2 is 2.29 bits per heavy atom. The van der Waals surface area contributed by atoms with Crippen molar-refractivity contribution < 1.29 is 9.66 Å². The van der Waals surface area contributed by atoms with Gasteiger partial charge >= 0.3 is 0 Å². The number of nitrogens with zero attached hydrogens (tertiary/aromatic N) is 1. The van der Waals surface area contributed by atoms with Crippen LogP contribution in [0.15, 0.2) is 18.2 Å². The lowest BCUT2D eigenvalue weighted by molar-refractivity contribution is -0.385. The highest BCUT2D eigenvalue weighted by atomic mass is 127. The second-order valence-electron chi connectivity index (χ2n) is 2.36. The largest absolute Gasteiger partial charge is 0.497 e. The average Bonchev–Trinajstić information content (AvgIpc) is 2.17. The van der Waals surface area contributed by atoms with E-state index >= 15 is 0 Å². The van der Waals surface area contributed by atoms with Gasteiger partial charge in [0.25, 0.3) is 5.69 Å². The molecule has 1 aromatic rings. The maximum atomic E-state index is 10.6. The van der Waals surface area contributed by atoms with Crippen molar-refractivity contribution in [3.63, 3.8) is 0 Å². The van der Waals surface area contributed by atoms with Gasteiger partial charge in [0.1, 0.15) is 11.3 Å². The van der Waals surface area contributed by atoms with E-state index in [0.717, 1.165) is 0 Å². The van der Waals surface area contributed by atoms with Gasteiger partial charge in [0.2, 0.25) is 0 Å². The topological polar surface area (TPSA) is 52.4 Å². The molecule has 0 fully saturated rings. The van der Waals surface area contributed by atoms with Crippen molar-refractivity contribution in [3.8, 4) is 15.6 Å². The van der Waals surface area contributed by atoms with Crippen LogP contribution in [0.3, 0.4) is 0 Å². The molecule has 0 bridgehead atoms. The predicted molar refractivity (Wildman–Crippen MR) is 60.5 cm³/mol. The molecule has 0 aromatic heterocycles. The molecule has 72 valence electrons. The van der Waals surface area contributed by atoms with Gasteiger partial charge in [0, 0.05) is 34.7 Å². The molecule has 0 aliphatic carbocycles. The molecular formula is C9H6INO3. The normalized spacial score (nSPS) is 8.71. The van der Waals surface area contributed by atoms with Gasteiger partial charge in [-0.3, -0.25) is 10.1 Å². The molecule has 0 saturated carbocycles. The van der Waals surface area contributed by atoms with Gasteiger partial charge in [-0.2, -0.15) is 0 Å². The summed E-state index contributed by atoms with van der Waals surface area (Å²) in [6, 6.07) is 4.47. The Hall–Kier alpha value is -1.29. The number of nitro groups is 1. The molecule has 5 heteroatoms. The van der Waals surface area contributed by atoms with Crippen molar-refractivity contribution in [2.75, 3.05) is 7.11 Å². The van der Waals surface area contributed by atoms with E-state index in [4.69, 9.17) is 4.74 Å². The first-order valence-electron chi connectivity index (χ1n) is 3.63. The molecule has 0 spiro atoms. The zero-order chi connectivity index (χ0) is 10.6. The first-order chi connectivity index (χ1) is 6.69. The summed E-state index contributed by atoms with van der Waals surface area (Å²) in [6.07, 6.45) is 0. The molecule has 0 heterocycles. The Morgan fingerprint density at radius 3 is 2.79 bits per heavy atom. The van der Waals surface area contributed by atoms with Crippen molar-refractivity contribution in [1.29, 1.82) is 0 Å². The molecule has 4 nitrogen and oxygen atoms in total. The van der Waals surface area contributed by atoms with E-state index in [1.165, 1.54) is 19.2 Å². The summed E-state index contributed by atoms with van der Waals surface area (Å²) in [7, 11) is 1.50. The highest BCUT2D eigenvalue weighted by molar-refractivity contribution is 14.1. The molecule has 0 N–H and O–H groups in total. The SMILES string of the molecule is COc1ccc([N+](=O)[O-])c(C#CI)c1. The van der Waals surface area contributed by atoms with Crippen LogP contribution < -0.4 is 4.74 Å². The van der Waals surface area contributed by atoms with E-state index in [-0.39, 0.29) is 5.69 Å². The minimum absolute atomic E-state index is 0.00466. The molecule has 0 saturated heterocycles. The van der Waals surface area contributed by atoms with E-state index in [9.17, 15) is 10.1 Å². The number of hydrogen-bond acceptors (Lipinski definition) is 3. The number of rotatable bonds is 2.